The van der Waals surface area contributed by atoms with Crippen LogP contribution in [0.1, 0.15) is 27.2 Å². The molecule has 0 saturated heterocycles. The summed E-state index contributed by atoms with van der Waals surface area (Å²) in [5.41, 5.74) is 0. The standard InChI is InChI=1S/C7H17BrSi/c1-6-7(2,3)9(4,5)8/h6H2,1-5H3. The summed E-state index contributed by atoms with van der Waals surface area (Å²) in [6.07, 6.45) is 1.28. The van der Waals surface area contributed by atoms with Crippen molar-refractivity contribution in [2.24, 2.45) is 0 Å². The molecule has 0 aliphatic rings. The van der Waals surface area contributed by atoms with E-state index in [1.807, 2.05) is 0 Å². The highest BCUT2D eigenvalue weighted by Crippen LogP contribution is 2.43. The molecule has 0 aliphatic carbocycles. The lowest BCUT2D eigenvalue weighted by molar-refractivity contribution is 0.631. The molecule has 0 heterocycles. The van der Waals surface area contributed by atoms with Gasteiger partial charge in [0, 0.05) is 0 Å². The monoisotopic (exact) mass is 208 g/mol. The molecule has 0 amide bonds. The minimum absolute atomic E-state index is 0.535. The van der Waals surface area contributed by atoms with Gasteiger partial charge in [-0.2, -0.15) is 0 Å². The van der Waals surface area contributed by atoms with Crippen molar-refractivity contribution >= 4 is 22.0 Å². The fourth-order valence-corrected chi connectivity index (χ4v) is 2.10. The van der Waals surface area contributed by atoms with Gasteiger partial charge in [-0.1, -0.05) is 40.3 Å². The Kier molecular flexibility index (Phi) is 2.96. The molecule has 0 spiro atoms. The molecule has 0 N–H and O–H groups in total. The van der Waals surface area contributed by atoms with Crippen molar-refractivity contribution in [3.63, 3.8) is 0 Å². The van der Waals surface area contributed by atoms with Crippen molar-refractivity contribution in [1.29, 1.82) is 0 Å². The van der Waals surface area contributed by atoms with Gasteiger partial charge in [0.2, 0.25) is 0 Å². The Bertz CT molecular complexity index is 91.6. The molecule has 0 aromatic rings. The van der Waals surface area contributed by atoms with Gasteiger partial charge < -0.3 is 0 Å². The SMILES string of the molecule is CCC(C)(C)[Si](C)(C)Br. The van der Waals surface area contributed by atoms with Crippen LogP contribution in [0.25, 0.3) is 0 Å². The molecule has 0 unspecified atom stereocenters. The van der Waals surface area contributed by atoms with Crippen molar-refractivity contribution in [2.45, 2.75) is 45.3 Å². The minimum atomic E-state index is -1.07. The fourth-order valence-electron chi connectivity index (χ4n) is 0.420. The maximum atomic E-state index is 3.80. The zero-order valence-electron chi connectivity index (χ0n) is 7.09. The van der Waals surface area contributed by atoms with Crippen LogP contribution in [0.4, 0.5) is 0 Å². The third-order valence-electron chi connectivity index (χ3n) is 2.49. The normalized spacial score (nSPS) is 14.0. The molecule has 0 aromatic carbocycles. The molecule has 0 aliphatic heterocycles. The van der Waals surface area contributed by atoms with Crippen molar-refractivity contribution < 1.29 is 0 Å². The third-order valence-corrected chi connectivity index (χ3v) is 9.29. The second-order valence-electron chi connectivity index (χ2n) is 3.71. The van der Waals surface area contributed by atoms with E-state index in [1.165, 1.54) is 6.42 Å². The Labute approximate surface area is 67.6 Å². The Morgan fingerprint density at radius 2 is 1.67 bits per heavy atom. The first kappa shape index (κ1) is 9.70. The van der Waals surface area contributed by atoms with Crippen LogP contribution in [-0.2, 0) is 0 Å². The summed E-state index contributed by atoms with van der Waals surface area (Å²) in [5.74, 6) is 0. The zero-order chi connectivity index (χ0) is 7.71. The van der Waals surface area contributed by atoms with Crippen molar-refractivity contribution in [1.82, 2.24) is 0 Å². The van der Waals surface area contributed by atoms with Gasteiger partial charge in [0.25, 0.3) is 0 Å². The van der Waals surface area contributed by atoms with Gasteiger partial charge >= 0.3 is 0 Å². The van der Waals surface area contributed by atoms with E-state index in [1.54, 1.807) is 0 Å². The number of halogens is 1. The molecule has 2 heteroatoms. The average molecular weight is 209 g/mol. The summed E-state index contributed by atoms with van der Waals surface area (Å²) in [4.78, 5) is 0. The van der Waals surface area contributed by atoms with E-state index in [0.717, 1.165) is 0 Å². The predicted molar refractivity (Wildman–Crippen MR) is 50.7 cm³/mol. The smallest absolute Gasteiger partial charge is 0.126 e. The van der Waals surface area contributed by atoms with Gasteiger partial charge in [0.15, 0.2) is 0 Å². The van der Waals surface area contributed by atoms with E-state index in [0.29, 0.717) is 5.04 Å². The van der Waals surface area contributed by atoms with Gasteiger partial charge in [-0.25, -0.2) is 0 Å². The summed E-state index contributed by atoms with van der Waals surface area (Å²) in [7, 11) is 0. The van der Waals surface area contributed by atoms with Crippen LogP contribution in [-0.4, -0.2) is 6.69 Å². The minimum Gasteiger partial charge on any atom is -0.126 e. The molecule has 0 bridgehead atoms. The number of hydrogen-bond donors (Lipinski definition) is 0. The first-order valence-electron chi connectivity index (χ1n) is 3.50. The van der Waals surface area contributed by atoms with Crippen LogP contribution in [0.15, 0.2) is 0 Å². The molecule has 0 nitrogen and oxygen atoms in total. The molecule has 9 heavy (non-hydrogen) atoms. The van der Waals surface area contributed by atoms with E-state index < -0.39 is 6.69 Å². The van der Waals surface area contributed by atoms with Crippen molar-refractivity contribution in [2.75, 3.05) is 0 Å². The fraction of sp³-hybridized carbons (Fsp3) is 1.00. The maximum absolute atomic E-state index is 3.80. The van der Waals surface area contributed by atoms with Crippen LogP contribution < -0.4 is 0 Å². The van der Waals surface area contributed by atoms with Crippen LogP contribution >= 0.6 is 15.3 Å². The van der Waals surface area contributed by atoms with Gasteiger partial charge in [-0.05, 0) is 5.04 Å². The summed E-state index contributed by atoms with van der Waals surface area (Å²) < 4.78 is 0. The second-order valence-corrected chi connectivity index (χ2v) is 14.0. The Morgan fingerprint density at radius 1 is 1.33 bits per heavy atom. The number of rotatable bonds is 2. The highest BCUT2D eigenvalue weighted by Gasteiger charge is 2.34. The van der Waals surface area contributed by atoms with Gasteiger partial charge in [-0.3, -0.25) is 0 Å². The van der Waals surface area contributed by atoms with Gasteiger partial charge in [-0.15, -0.1) is 15.3 Å². The predicted octanol–water partition coefficient (Wildman–Crippen LogP) is 3.78. The summed E-state index contributed by atoms with van der Waals surface area (Å²) in [5, 5.41) is 0.535. The highest BCUT2D eigenvalue weighted by atomic mass is 79.9. The third kappa shape index (κ3) is 2.42. The zero-order valence-corrected chi connectivity index (χ0v) is 9.67. The molecule has 0 aromatic heterocycles. The average Bonchev–Trinajstić information content (AvgIpc) is 1.64. The first-order valence-corrected chi connectivity index (χ1v) is 8.76. The summed E-state index contributed by atoms with van der Waals surface area (Å²) in [6.45, 7) is 10.6. The topological polar surface area (TPSA) is 0 Å². The van der Waals surface area contributed by atoms with E-state index in [9.17, 15) is 0 Å². The second kappa shape index (κ2) is 2.75. The first-order chi connectivity index (χ1) is 3.81. The lowest BCUT2D eigenvalue weighted by atomic mass is 10.1. The molecule has 0 saturated carbocycles. The summed E-state index contributed by atoms with van der Waals surface area (Å²) >= 11 is 3.80. The van der Waals surface area contributed by atoms with Crippen LogP contribution in [0, 0.1) is 0 Å². The van der Waals surface area contributed by atoms with Crippen LogP contribution in [0.3, 0.4) is 0 Å². The highest BCUT2D eigenvalue weighted by molar-refractivity contribution is 9.26. The van der Waals surface area contributed by atoms with E-state index in [2.05, 4.69) is 49.2 Å². The summed E-state index contributed by atoms with van der Waals surface area (Å²) in [6, 6.07) is 0. The molecule has 0 rings (SSSR count). The van der Waals surface area contributed by atoms with E-state index >= 15 is 0 Å². The van der Waals surface area contributed by atoms with Crippen molar-refractivity contribution in [3.8, 4) is 0 Å². The lowest BCUT2D eigenvalue weighted by Gasteiger charge is -2.33. The molecular weight excluding hydrogens is 192 g/mol. The van der Waals surface area contributed by atoms with Crippen molar-refractivity contribution in [3.05, 3.63) is 0 Å². The van der Waals surface area contributed by atoms with E-state index in [-0.39, 0.29) is 0 Å². The molecular formula is C7H17BrSi. The molecule has 0 fully saturated rings. The lowest BCUT2D eigenvalue weighted by Crippen LogP contribution is -2.31. The Balaban J connectivity index is 4.14. The molecule has 0 radical (unpaired) electrons. The largest absolute Gasteiger partial charge is 0.129 e. The van der Waals surface area contributed by atoms with Crippen LogP contribution in [0.2, 0.25) is 18.1 Å². The number of hydrogen-bond acceptors (Lipinski definition) is 0. The molecule has 56 valence electrons. The van der Waals surface area contributed by atoms with Gasteiger partial charge in [0.1, 0.15) is 6.69 Å². The molecule has 0 atom stereocenters. The quantitative estimate of drug-likeness (QED) is 0.479. The van der Waals surface area contributed by atoms with Crippen LogP contribution in [0.5, 0.6) is 0 Å². The van der Waals surface area contributed by atoms with E-state index in [4.69, 9.17) is 0 Å². The maximum Gasteiger partial charge on any atom is 0.129 e. The van der Waals surface area contributed by atoms with Gasteiger partial charge in [0.05, 0.1) is 0 Å². The Hall–Kier alpha value is 0.697. The Morgan fingerprint density at radius 3 is 1.67 bits per heavy atom.